The minimum Gasteiger partial charge on any atom is -0.461 e. The van der Waals surface area contributed by atoms with Crippen molar-refractivity contribution in [2.75, 3.05) is 6.61 Å². The lowest BCUT2D eigenvalue weighted by Crippen LogP contribution is -2.62. The Morgan fingerprint density at radius 1 is 1.00 bits per heavy atom. The molecule has 1 spiro atoms. The predicted octanol–water partition coefficient (Wildman–Crippen LogP) is 4.71. The van der Waals surface area contributed by atoms with Gasteiger partial charge in [-0.3, -0.25) is 4.79 Å². The first kappa shape index (κ1) is 17.8. The lowest BCUT2D eigenvalue weighted by molar-refractivity contribution is -0.215. The van der Waals surface area contributed by atoms with Crippen LogP contribution in [0.1, 0.15) is 85.5 Å². The summed E-state index contributed by atoms with van der Waals surface area (Å²) in [5.41, 5.74) is 0.737. The van der Waals surface area contributed by atoms with Crippen molar-refractivity contribution in [3.63, 3.8) is 0 Å². The monoisotopic (exact) mass is 348 g/mol. The summed E-state index contributed by atoms with van der Waals surface area (Å²) in [4.78, 5) is 11.9. The van der Waals surface area contributed by atoms with Crippen LogP contribution in [0.5, 0.6) is 0 Å². The number of ether oxygens (including phenoxy) is 1. The Bertz CT molecular complexity index is 574. The molecule has 4 fully saturated rings. The van der Waals surface area contributed by atoms with Crippen LogP contribution >= 0.6 is 0 Å². The zero-order valence-corrected chi connectivity index (χ0v) is 16.6. The van der Waals surface area contributed by atoms with E-state index in [-0.39, 0.29) is 33.7 Å². The van der Waals surface area contributed by atoms with Gasteiger partial charge in [0.05, 0.1) is 0 Å². The first-order valence-corrected chi connectivity index (χ1v) is 10.5. The minimum atomic E-state index is -0.103. The number of rotatable bonds is 2. The predicted molar refractivity (Wildman–Crippen MR) is 97.9 cm³/mol. The number of hydrogen-bond donors (Lipinski definition) is 1. The zero-order chi connectivity index (χ0) is 18.1. The van der Waals surface area contributed by atoms with Gasteiger partial charge in [0, 0.05) is 24.4 Å². The van der Waals surface area contributed by atoms with Gasteiger partial charge < -0.3 is 9.84 Å². The molecule has 0 radical (unpaired) electrons. The molecule has 1 N–H and O–H groups in total. The van der Waals surface area contributed by atoms with Gasteiger partial charge in [0.25, 0.3) is 0 Å². The molecule has 142 valence electrons. The molecule has 4 rings (SSSR count). The van der Waals surface area contributed by atoms with Crippen LogP contribution < -0.4 is 0 Å². The van der Waals surface area contributed by atoms with Crippen LogP contribution in [0.25, 0.3) is 0 Å². The molecule has 7 atom stereocenters. The molecule has 0 saturated heterocycles. The fourth-order valence-corrected chi connectivity index (χ4v) is 8.41. The third-order valence-electron chi connectivity index (χ3n) is 9.46. The van der Waals surface area contributed by atoms with Crippen molar-refractivity contribution < 1.29 is 14.6 Å². The normalized spacial score (nSPS) is 54.5. The van der Waals surface area contributed by atoms with E-state index >= 15 is 0 Å². The number of carbonyl (C=O) groups excluding carboxylic acids is 1. The smallest absolute Gasteiger partial charge is 0.302 e. The fourth-order valence-electron chi connectivity index (χ4n) is 8.41. The van der Waals surface area contributed by atoms with Crippen molar-refractivity contribution in [1.82, 2.24) is 0 Å². The molecule has 25 heavy (non-hydrogen) atoms. The highest BCUT2D eigenvalue weighted by atomic mass is 16.5. The molecule has 0 amide bonds. The summed E-state index contributed by atoms with van der Waals surface area (Å²) in [6.07, 6.45) is 11.1. The van der Waals surface area contributed by atoms with E-state index in [1.807, 2.05) is 0 Å². The van der Waals surface area contributed by atoms with E-state index in [1.54, 1.807) is 6.92 Å². The van der Waals surface area contributed by atoms with E-state index < -0.39 is 0 Å². The first-order valence-electron chi connectivity index (χ1n) is 10.5. The maximum absolute atomic E-state index is 11.9. The van der Waals surface area contributed by atoms with Crippen LogP contribution in [-0.2, 0) is 9.53 Å². The molecule has 4 saturated carbocycles. The van der Waals surface area contributed by atoms with Gasteiger partial charge in [-0.2, -0.15) is 0 Å². The highest BCUT2D eigenvalue weighted by Crippen LogP contribution is 2.74. The Kier molecular flexibility index (Phi) is 3.90. The maximum atomic E-state index is 11.9. The van der Waals surface area contributed by atoms with Crippen molar-refractivity contribution in [3.05, 3.63) is 0 Å². The van der Waals surface area contributed by atoms with Crippen LogP contribution in [-0.4, -0.2) is 23.8 Å². The summed E-state index contributed by atoms with van der Waals surface area (Å²) < 4.78 is 6.06. The van der Waals surface area contributed by atoms with Gasteiger partial charge >= 0.3 is 5.97 Å². The molecule has 1 unspecified atom stereocenters. The number of esters is 1. The number of hydrogen-bond acceptors (Lipinski definition) is 3. The summed E-state index contributed by atoms with van der Waals surface area (Å²) in [6.45, 7) is 9.09. The van der Waals surface area contributed by atoms with Crippen LogP contribution in [0.3, 0.4) is 0 Å². The maximum Gasteiger partial charge on any atom is 0.302 e. The summed E-state index contributed by atoms with van der Waals surface area (Å²) in [7, 11) is 0. The van der Waals surface area contributed by atoms with Gasteiger partial charge in [0.2, 0.25) is 0 Å². The standard InChI is InChI=1S/C22H36O3/c1-15(24)25-18-19(2)10-6-17-21(4)9-5-8-20(3,14-23)16(21)7-11-22(17,18)13-12-19/h16-18,23H,5-14H2,1-4H3/t16-,17+,18?,19-,20-,21-,22-/m1/s1. The average molecular weight is 349 g/mol. The van der Waals surface area contributed by atoms with Gasteiger partial charge in [-0.1, -0.05) is 27.2 Å². The molecule has 0 aliphatic heterocycles. The molecular formula is C22H36O3. The Morgan fingerprint density at radius 2 is 1.72 bits per heavy atom. The molecule has 4 aliphatic rings. The summed E-state index contributed by atoms with van der Waals surface area (Å²) in [5, 5.41) is 10.2. The van der Waals surface area contributed by atoms with E-state index in [9.17, 15) is 9.90 Å². The SMILES string of the molecule is CC(=O)OC1[C@]2(C)CC[C@@H]3[C@@]1(CC[C@@H]1[C@@](C)(CO)CCC[C@]13C)CC2. The van der Waals surface area contributed by atoms with E-state index in [2.05, 4.69) is 20.8 Å². The van der Waals surface area contributed by atoms with E-state index in [0.717, 1.165) is 6.42 Å². The Balaban J connectivity index is 1.75. The Morgan fingerprint density at radius 3 is 2.40 bits per heavy atom. The summed E-state index contributed by atoms with van der Waals surface area (Å²) in [6, 6.07) is 0. The number of fused-ring (bicyclic) bond motifs is 3. The van der Waals surface area contributed by atoms with Crippen molar-refractivity contribution in [2.45, 2.75) is 91.6 Å². The van der Waals surface area contributed by atoms with Crippen LogP contribution in [0.2, 0.25) is 0 Å². The van der Waals surface area contributed by atoms with Crippen LogP contribution in [0, 0.1) is 33.5 Å². The lowest BCUT2D eigenvalue weighted by Gasteiger charge is -2.66. The second-order valence-electron chi connectivity index (χ2n) is 10.7. The van der Waals surface area contributed by atoms with Gasteiger partial charge in [-0.15, -0.1) is 0 Å². The van der Waals surface area contributed by atoms with Crippen LogP contribution in [0.4, 0.5) is 0 Å². The topological polar surface area (TPSA) is 46.5 Å². The summed E-state index contributed by atoms with van der Waals surface area (Å²) in [5.74, 6) is 1.15. The van der Waals surface area contributed by atoms with Gasteiger partial charge in [-0.25, -0.2) is 0 Å². The third kappa shape index (κ3) is 2.23. The van der Waals surface area contributed by atoms with Crippen LogP contribution in [0.15, 0.2) is 0 Å². The molecule has 4 aliphatic carbocycles. The highest BCUT2D eigenvalue weighted by Gasteiger charge is 2.70. The molecule has 0 aromatic carbocycles. The van der Waals surface area contributed by atoms with Crippen molar-refractivity contribution in [2.24, 2.45) is 33.5 Å². The Hall–Kier alpha value is -0.570. The first-order chi connectivity index (χ1) is 11.7. The van der Waals surface area contributed by atoms with Crippen molar-refractivity contribution >= 4 is 5.97 Å². The average Bonchev–Trinajstić information content (AvgIpc) is 2.71. The zero-order valence-electron chi connectivity index (χ0n) is 16.6. The molecule has 2 bridgehead atoms. The fraction of sp³-hybridized carbons (Fsp3) is 0.955. The van der Waals surface area contributed by atoms with E-state index in [4.69, 9.17) is 4.74 Å². The quantitative estimate of drug-likeness (QED) is 0.735. The highest BCUT2D eigenvalue weighted by molar-refractivity contribution is 5.66. The van der Waals surface area contributed by atoms with Gasteiger partial charge in [0.15, 0.2) is 0 Å². The second kappa shape index (κ2) is 5.47. The lowest BCUT2D eigenvalue weighted by atomic mass is 9.40. The summed E-state index contributed by atoms with van der Waals surface area (Å²) >= 11 is 0. The van der Waals surface area contributed by atoms with E-state index in [1.165, 1.54) is 51.4 Å². The second-order valence-corrected chi connectivity index (χ2v) is 10.7. The van der Waals surface area contributed by atoms with Crippen molar-refractivity contribution in [1.29, 1.82) is 0 Å². The molecule has 3 nitrogen and oxygen atoms in total. The van der Waals surface area contributed by atoms with E-state index in [0.29, 0.717) is 18.4 Å². The largest absolute Gasteiger partial charge is 0.461 e. The minimum absolute atomic E-state index is 0.0743. The van der Waals surface area contributed by atoms with Crippen molar-refractivity contribution in [3.8, 4) is 0 Å². The van der Waals surface area contributed by atoms with Gasteiger partial charge in [-0.05, 0) is 74.0 Å². The number of aliphatic hydroxyl groups excluding tert-OH is 1. The molecule has 0 aromatic heterocycles. The Labute approximate surface area is 152 Å². The number of aliphatic hydroxyl groups is 1. The molecule has 0 aromatic rings. The molecular weight excluding hydrogens is 312 g/mol. The third-order valence-corrected chi connectivity index (χ3v) is 9.46. The van der Waals surface area contributed by atoms with Gasteiger partial charge in [0.1, 0.15) is 6.10 Å². The number of carbonyl (C=O) groups is 1. The molecule has 3 heteroatoms. The molecule has 0 heterocycles.